The van der Waals surface area contributed by atoms with Gasteiger partial charge in [-0.05, 0) is 32.3 Å². The second-order valence-electron chi connectivity index (χ2n) is 4.58. The molecule has 0 aliphatic carbocycles. The molecular formula is C11H23O6PS. The van der Waals surface area contributed by atoms with Crippen LogP contribution in [-0.2, 0) is 28.4 Å². The number of carbonyl (C=O) groups excluding carboxylic acids is 1. The molecule has 0 saturated heterocycles. The van der Waals surface area contributed by atoms with E-state index in [0.29, 0.717) is 19.4 Å². The standard InChI is InChI=1S/C11H23O6PS/c1-5-16-10(12)7-6-9(2)8-11(18(3)13)17-19(4,14)15/h9,11,18H,5-8H2,1-4H3. The summed E-state index contributed by atoms with van der Waals surface area (Å²) in [5.74, 6) is -1.04. The molecule has 0 aliphatic rings. The van der Waals surface area contributed by atoms with Gasteiger partial charge in [0.25, 0.3) is 10.1 Å². The van der Waals surface area contributed by atoms with Gasteiger partial charge >= 0.3 is 5.97 Å². The van der Waals surface area contributed by atoms with E-state index in [2.05, 4.69) is 0 Å². The molecule has 0 heterocycles. The van der Waals surface area contributed by atoms with Gasteiger partial charge in [-0.3, -0.25) is 8.98 Å². The van der Waals surface area contributed by atoms with Crippen molar-refractivity contribution in [1.29, 1.82) is 0 Å². The van der Waals surface area contributed by atoms with Crippen LogP contribution < -0.4 is 0 Å². The van der Waals surface area contributed by atoms with E-state index in [1.54, 1.807) is 6.92 Å². The summed E-state index contributed by atoms with van der Waals surface area (Å²) in [6.45, 7) is 5.41. The summed E-state index contributed by atoms with van der Waals surface area (Å²) in [6, 6.07) is 0. The molecule has 0 bridgehead atoms. The number of rotatable bonds is 9. The number of esters is 1. The lowest BCUT2D eigenvalue weighted by molar-refractivity contribution is -0.143. The molecule has 0 rings (SSSR count). The third-order valence-electron chi connectivity index (χ3n) is 2.51. The van der Waals surface area contributed by atoms with Crippen LogP contribution in [0.2, 0.25) is 0 Å². The fraction of sp³-hybridized carbons (Fsp3) is 0.909. The molecule has 0 aromatic rings. The van der Waals surface area contributed by atoms with E-state index in [0.717, 1.165) is 6.26 Å². The van der Waals surface area contributed by atoms with E-state index in [1.165, 1.54) is 6.66 Å². The summed E-state index contributed by atoms with van der Waals surface area (Å²) >= 11 is 0. The maximum absolute atomic E-state index is 11.5. The first-order chi connectivity index (χ1) is 8.65. The molecule has 114 valence electrons. The molecular weight excluding hydrogens is 291 g/mol. The Balaban J connectivity index is 4.29. The van der Waals surface area contributed by atoms with Gasteiger partial charge in [-0.25, -0.2) is 0 Å². The van der Waals surface area contributed by atoms with Crippen molar-refractivity contribution in [2.45, 2.75) is 39.0 Å². The van der Waals surface area contributed by atoms with Gasteiger partial charge in [0.2, 0.25) is 0 Å². The Kier molecular flexibility index (Phi) is 8.54. The molecule has 0 fully saturated rings. The van der Waals surface area contributed by atoms with Crippen LogP contribution in [0.25, 0.3) is 0 Å². The van der Waals surface area contributed by atoms with Gasteiger partial charge in [0.05, 0.1) is 12.9 Å². The lowest BCUT2D eigenvalue weighted by atomic mass is 10.0. The fourth-order valence-corrected chi connectivity index (χ4v) is 3.87. The molecule has 3 unspecified atom stereocenters. The number of ether oxygens (including phenoxy) is 1. The highest BCUT2D eigenvalue weighted by Crippen LogP contribution is 2.32. The van der Waals surface area contributed by atoms with Crippen LogP contribution in [0.5, 0.6) is 0 Å². The zero-order valence-electron chi connectivity index (χ0n) is 11.8. The van der Waals surface area contributed by atoms with Crippen LogP contribution in [0.4, 0.5) is 0 Å². The predicted molar refractivity (Wildman–Crippen MR) is 74.3 cm³/mol. The molecule has 8 heteroatoms. The Bertz CT molecular complexity index is 405. The molecule has 0 amide bonds. The summed E-state index contributed by atoms with van der Waals surface area (Å²) in [4.78, 5) is 11.2. The molecule has 0 aromatic heterocycles. The van der Waals surface area contributed by atoms with Crippen molar-refractivity contribution in [1.82, 2.24) is 0 Å². The van der Waals surface area contributed by atoms with E-state index in [9.17, 15) is 17.8 Å². The van der Waals surface area contributed by atoms with Crippen molar-refractivity contribution < 1.29 is 26.7 Å². The quantitative estimate of drug-likeness (QED) is 0.367. The summed E-state index contributed by atoms with van der Waals surface area (Å²) in [6.07, 6.45) is 2.11. The number of hydrogen-bond donors (Lipinski definition) is 0. The molecule has 0 N–H and O–H groups in total. The van der Waals surface area contributed by atoms with E-state index in [4.69, 9.17) is 8.92 Å². The molecule has 6 nitrogen and oxygen atoms in total. The minimum atomic E-state index is -3.62. The third kappa shape index (κ3) is 10.1. The maximum atomic E-state index is 11.5. The smallest absolute Gasteiger partial charge is 0.305 e. The lowest BCUT2D eigenvalue weighted by Crippen LogP contribution is -2.17. The Morgan fingerprint density at radius 2 is 1.95 bits per heavy atom. The minimum Gasteiger partial charge on any atom is -0.466 e. The summed E-state index contributed by atoms with van der Waals surface area (Å²) in [5, 5.41) is 0. The van der Waals surface area contributed by atoms with Crippen LogP contribution >= 0.6 is 7.80 Å². The zero-order chi connectivity index (χ0) is 15.1. The SMILES string of the molecule is CCOC(=O)CCC(C)CC(OS(C)(=O)=O)[PH](C)=O. The second-order valence-corrected chi connectivity index (χ2v) is 8.05. The van der Waals surface area contributed by atoms with Crippen LogP contribution in [0.1, 0.15) is 33.1 Å². The van der Waals surface area contributed by atoms with E-state index < -0.39 is 23.8 Å². The van der Waals surface area contributed by atoms with Gasteiger partial charge < -0.3 is 9.30 Å². The monoisotopic (exact) mass is 314 g/mol. The first-order valence-electron chi connectivity index (χ1n) is 6.20. The molecule has 0 aromatic carbocycles. The Hall–Kier alpha value is -0.390. The number of hydrogen-bond acceptors (Lipinski definition) is 6. The van der Waals surface area contributed by atoms with Gasteiger partial charge in [0, 0.05) is 6.42 Å². The van der Waals surface area contributed by atoms with Crippen LogP contribution in [0, 0.1) is 5.92 Å². The van der Waals surface area contributed by atoms with Crippen molar-refractivity contribution in [2.24, 2.45) is 5.92 Å². The molecule has 0 saturated carbocycles. The van der Waals surface area contributed by atoms with E-state index in [1.807, 2.05) is 6.92 Å². The van der Waals surface area contributed by atoms with Gasteiger partial charge in [0.1, 0.15) is 13.6 Å². The molecule has 3 atom stereocenters. The van der Waals surface area contributed by atoms with Crippen LogP contribution in [0.3, 0.4) is 0 Å². The molecule has 0 aliphatic heterocycles. The molecule has 0 radical (unpaired) electrons. The highest BCUT2D eigenvalue weighted by atomic mass is 32.2. The Labute approximate surface area is 115 Å². The van der Waals surface area contributed by atoms with Gasteiger partial charge in [-0.2, -0.15) is 8.42 Å². The lowest BCUT2D eigenvalue weighted by Gasteiger charge is -2.18. The molecule has 0 spiro atoms. The fourth-order valence-electron chi connectivity index (χ4n) is 1.56. The summed E-state index contributed by atoms with van der Waals surface area (Å²) < 4.78 is 43.2. The van der Waals surface area contributed by atoms with Gasteiger partial charge in [0.15, 0.2) is 0 Å². The average Bonchev–Trinajstić information content (AvgIpc) is 2.24. The summed E-state index contributed by atoms with van der Waals surface area (Å²) in [7, 11) is -5.74. The van der Waals surface area contributed by atoms with Crippen molar-refractivity contribution in [2.75, 3.05) is 19.5 Å². The maximum Gasteiger partial charge on any atom is 0.305 e. The largest absolute Gasteiger partial charge is 0.466 e. The van der Waals surface area contributed by atoms with Gasteiger partial charge in [-0.1, -0.05) is 6.92 Å². The normalized spacial score (nSPS) is 16.6. The van der Waals surface area contributed by atoms with Crippen LogP contribution in [-0.4, -0.2) is 39.8 Å². The van der Waals surface area contributed by atoms with Crippen molar-refractivity contribution in [3.8, 4) is 0 Å². The average molecular weight is 314 g/mol. The highest BCUT2D eigenvalue weighted by Gasteiger charge is 2.22. The third-order valence-corrected chi connectivity index (χ3v) is 4.52. The number of carbonyl (C=O) groups is 1. The first-order valence-corrected chi connectivity index (χ1v) is 10.00. The summed E-state index contributed by atoms with van der Waals surface area (Å²) in [5.41, 5.74) is 0. The van der Waals surface area contributed by atoms with Crippen molar-refractivity contribution >= 4 is 23.9 Å². The van der Waals surface area contributed by atoms with Crippen LogP contribution in [0.15, 0.2) is 0 Å². The van der Waals surface area contributed by atoms with Crippen molar-refractivity contribution in [3.05, 3.63) is 0 Å². The first kappa shape index (κ1) is 18.6. The van der Waals surface area contributed by atoms with E-state index in [-0.39, 0.29) is 18.3 Å². The highest BCUT2D eigenvalue weighted by molar-refractivity contribution is 7.86. The Morgan fingerprint density at radius 3 is 2.37 bits per heavy atom. The minimum absolute atomic E-state index is 0.0325. The predicted octanol–water partition coefficient (Wildman–Crippen LogP) is 1.85. The van der Waals surface area contributed by atoms with E-state index >= 15 is 0 Å². The van der Waals surface area contributed by atoms with Crippen molar-refractivity contribution in [3.63, 3.8) is 0 Å². The topological polar surface area (TPSA) is 86.7 Å². The second kappa shape index (κ2) is 8.72. The molecule has 19 heavy (non-hydrogen) atoms. The van der Waals surface area contributed by atoms with Gasteiger partial charge in [-0.15, -0.1) is 0 Å². The zero-order valence-corrected chi connectivity index (χ0v) is 13.7. The Morgan fingerprint density at radius 1 is 1.37 bits per heavy atom.